The third-order valence-electron chi connectivity index (χ3n) is 5.04. The van der Waals surface area contributed by atoms with Crippen LogP contribution in [0.4, 0.5) is 0 Å². The number of hydrogen-bond donors (Lipinski definition) is 0. The van der Waals surface area contributed by atoms with Crippen LogP contribution in [-0.2, 0) is 6.42 Å². The Balaban J connectivity index is 1.58. The number of likely N-dealkylation sites (tertiary alicyclic amines) is 1. The van der Waals surface area contributed by atoms with Crippen LogP contribution in [0.5, 0.6) is 0 Å². The molecule has 2 aliphatic carbocycles. The fourth-order valence-electron chi connectivity index (χ4n) is 4.12. The van der Waals surface area contributed by atoms with E-state index in [1.54, 1.807) is 22.3 Å². The highest BCUT2D eigenvalue weighted by Crippen LogP contribution is 2.42. The van der Waals surface area contributed by atoms with Crippen molar-refractivity contribution in [2.24, 2.45) is 0 Å². The summed E-state index contributed by atoms with van der Waals surface area (Å²) in [6, 6.07) is 9.88. The Morgan fingerprint density at radius 1 is 1.06 bits per heavy atom. The lowest BCUT2D eigenvalue weighted by atomic mass is 9.87. The van der Waals surface area contributed by atoms with Crippen LogP contribution < -0.4 is 0 Å². The Morgan fingerprint density at radius 2 is 1.89 bits per heavy atom. The third kappa shape index (κ3) is 1.65. The van der Waals surface area contributed by atoms with Crippen molar-refractivity contribution in [2.75, 3.05) is 13.1 Å². The van der Waals surface area contributed by atoms with Gasteiger partial charge in [0.2, 0.25) is 0 Å². The molecule has 0 saturated carbocycles. The highest BCUT2D eigenvalue weighted by Gasteiger charge is 2.31. The molecule has 1 heteroatoms. The lowest BCUT2D eigenvalue weighted by Crippen LogP contribution is -2.34. The van der Waals surface area contributed by atoms with Gasteiger partial charge in [-0.05, 0) is 68.3 Å². The van der Waals surface area contributed by atoms with Gasteiger partial charge in [-0.2, -0.15) is 0 Å². The van der Waals surface area contributed by atoms with E-state index in [4.69, 9.17) is 0 Å². The zero-order valence-corrected chi connectivity index (χ0v) is 11.0. The van der Waals surface area contributed by atoms with E-state index in [0.717, 1.165) is 6.04 Å². The number of hydrogen-bond acceptors (Lipinski definition) is 1. The number of fused-ring (bicyclic) bond motifs is 2. The summed E-state index contributed by atoms with van der Waals surface area (Å²) >= 11 is 0. The molecule has 3 aliphatic rings. The normalized spacial score (nSPS) is 27.4. The monoisotopic (exact) mass is 239 g/mol. The van der Waals surface area contributed by atoms with E-state index >= 15 is 0 Å². The summed E-state index contributed by atoms with van der Waals surface area (Å²) in [4.78, 5) is 2.74. The third-order valence-corrected chi connectivity index (χ3v) is 5.04. The van der Waals surface area contributed by atoms with Crippen molar-refractivity contribution < 1.29 is 0 Å². The van der Waals surface area contributed by atoms with Gasteiger partial charge in [0.25, 0.3) is 0 Å². The Bertz CT molecular complexity index is 494. The summed E-state index contributed by atoms with van der Waals surface area (Å²) in [6.07, 6.45) is 8.10. The van der Waals surface area contributed by atoms with Crippen LogP contribution in [0, 0.1) is 0 Å². The van der Waals surface area contributed by atoms with Gasteiger partial charge >= 0.3 is 0 Å². The van der Waals surface area contributed by atoms with Crippen molar-refractivity contribution >= 4 is 5.57 Å². The van der Waals surface area contributed by atoms with Crippen molar-refractivity contribution in [1.82, 2.24) is 4.90 Å². The van der Waals surface area contributed by atoms with Crippen molar-refractivity contribution in [2.45, 2.75) is 44.6 Å². The van der Waals surface area contributed by atoms with Crippen molar-refractivity contribution in [1.29, 1.82) is 0 Å². The van der Waals surface area contributed by atoms with Crippen LogP contribution in [0.3, 0.4) is 0 Å². The molecule has 0 spiro atoms. The topological polar surface area (TPSA) is 3.24 Å². The second-order valence-corrected chi connectivity index (χ2v) is 6.06. The van der Waals surface area contributed by atoms with E-state index in [1.165, 1.54) is 51.6 Å². The molecule has 1 aromatic carbocycles. The molecule has 0 N–H and O–H groups in total. The predicted molar refractivity (Wildman–Crippen MR) is 75.5 cm³/mol. The number of benzene rings is 1. The summed E-state index contributed by atoms with van der Waals surface area (Å²) in [6.45, 7) is 2.69. The number of nitrogens with zero attached hydrogens (tertiary/aromatic N) is 1. The maximum Gasteiger partial charge on any atom is 0.0136 e. The Kier molecular flexibility index (Phi) is 2.54. The lowest BCUT2D eigenvalue weighted by molar-refractivity contribution is 0.225. The zero-order chi connectivity index (χ0) is 11.9. The van der Waals surface area contributed by atoms with Crippen LogP contribution in [0.15, 0.2) is 29.8 Å². The fourth-order valence-corrected chi connectivity index (χ4v) is 4.12. The highest BCUT2D eigenvalue weighted by molar-refractivity contribution is 5.77. The Hall–Kier alpha value is -1.08. The van der Waals surface area contributed by atoms with Crippen LogP contribution in [0.25, 0.3) is 5.57 Å². The van der Waals surface area contributed by atoms with Gasteiger partial charge in [-0.3, -0.25) is 0 Å². The smallest absolute Gasteiger partial charge is 0.0136 e. The van der Waals surface area contributed by atoms with Crippen LogP contribution in [0.2, 0.25) is 0 Å². The Morgan fingerprint density at radius 3 is 2.78 bits per heavy atom. The van der Waals surface area contributed by atoms with E-state index in [9.17, 15) is 0 Å². The van der Waals surface area contributed by atoms with E-state index in [0.29, 0.717) is 0 Å². The van der Waals surface area contributed by atoms with Gasteiger partial charge in [0.1, 0.15) is 0 Å². The first kappa shape index (κ1) is 10.8. The number of allylic oxidation sites excluding steroid dienone is 1. The molecule has 0 radical (unpaired) electrons. The average molecular weight is 239 g/mol. The molecular formula is C17H21N. The SMILES string of the molecule is c1ccc2c(c1)CC1=C2CCC(N2CCCC2)C1. The second kappa shape index (κ2) is 4.24. The first-order valence-electron chi connectivity index (χ1n) is 7.45. The Labute approximate surface area is 109 Å². The quantitative estimate of drug-likeness (QED) is 0.723. The standard InChI is InChI=1S/C17H21N/c1-2-6-16-13(5-1)11-14-12-15(7-8-17(14)16)18-9-3-4-10-18/h1-2,5-6,15H,3-4,7-12H2. The maximum absolute atomic E-state index is 2.74. The molecule has 1 unspecified atom stereocenters. The largest absolute Gasteiger partial charge is 0.300 e. The van der Waals surface area contributed by atoms with E-state index in [-0.39, 0.29) is 0 Å². The molecule has 1 aromatic rings. The lowest BCUT2D eigenvalue weighted by Gasteiger charge is -2.32. The molecule has 1 nitrogen and oxygen atoms in total. The molecule has 0 aromatic heterocycles. The van der Waals surface area contributed by atoms with Gasteiger partial charge in [-0.15, -0.1) is 0 Å². The van der Waals surface area contributed by atoms with E-state index in [2.05, 4.69) is 29.2 Å². The highest BCUT2D eigenvalue weighted by atomic mass is 15.2. The molecule has 0 bridgehead atoms. The average Bonchev–Trinajstić information content (AvgIpc) is 3.05. The van der Waals surface area contributed by atoms with E-state index in [1.807, 2.05) is 0 Å². The molecular weight excluding hydrogens is 218 g/mol. The first-order chi connectivity index (χ1) is 8.92. The molecule has 94 valence electrons. The van der Waals surface area contributed by atoms with Gasteiger partial charge in [0, 0.05) is 6.04 Å². The van der Waals surface area contributed by atoms with Gasteiger partial charge in [0.05, 0.1) is 0 Å². The fraction of sp³-hybridized carbons (Fsp3) is 0.529. The summed E-state index contributed by atoms with van der Waals surface area (Å²) < 4.78 is 0. The predicted octanol–water partition coefficient (Wildman–Crippen LogP) is 3.64. The molecule has 4 rings (SSSR count). The molecule has 1 saturated heterocycles. The summed E-state index contributed by atoms with van der Waals surface area (Å²) in [5.74, 6) is 0. The van der Waals surface area contributed by atoms with Crippen LogP contribution in [-0.4, -0.2) is 24.0 Å². The molecule has 0 amide bonds. The zero-order valence-electron chi connectivity index (χ0n) is 11.0. The minimum atomic E-state index is 0.848. The molecule has 1 fully saturated rings. The van der Waals surface area contributed by atoms with Crippen LogP contribution in [0.1, 0.15) is 43.2 Å². The van der Waals surface area contributed by atoms with Gasteiger partial charge in [0.15, 0.2) is 0 Å². The van der Waals surface area contributed by atoms with E-state index < -0.39 is 0 Å². The van der Waals surface area contributed by atoms with Crippen LogP contribution >= 0.6 is 0 Å². The minimum Gasteiger partial charge on any atom is -0.300 e. The second-order valence-electron chi connectivity index (χ2n) is 6.06. The summed E-state index contributed by atoms with van der Waals surface area (Å²) in [5.41, 5.74) is 6.58. The molecule has 1 aliphatic heterocycles. The number of rotatable bonds is 1. The van der Waals surface area contributed by atoms with Gasteiger partial charge in [-0.1, -0.05) is 29.8 Å². The van der Waals surface area contributed by atoms with Gasteiger partial charge < -0.3 is 4.90 Å². The van der Waals surface area contributed by atoms with Crippen molar-refractivity contribution in [3.05, 3.63) is 41.0 Å². The molecule has 18 heavy (non-hydrogen) atoms. The molecule has 1 atom stereocenters. The van der Waals surface area contributed by atoms with Gasteiger partial charge in [-0.25, -0.2) is 0 Å². The van der Waals surface area contributed by atoms with Crippen molar-refractivity contribution in [3.8, 4) is 0 Å². The maximum atomic E-state index is 2.74. The summed E-state index contributed by atoms with van der Waals surface area (Å²) in [7, 11) is 0. The first-order valence-corrected chi connectivity index (χ1v) is 7.45. The van der Waals surface area contributed by atoms with Crippen molar-refractivity contribution in [3.63, 3.8) is 0 Å². The molecule has 1 heterocycles. The minimum absolute atomic E-state index is 0.848. The summed E-state index contributed by atoms with van der Waals surface area (Å²) in [5, 5.41) is 0.